The van der Waals surface area contributed by atoms with Gasteiger partial charge in [-0.3, -0.25) is 4.79 Å². The summed E-state index contributed by atoms with van der Waals surface area (Å²) in [6.45, 7) is 1.25. The summed E-state index contributed by atoms with van der Waals surface area (Å²) in [6.07, 6.45) is 3.53. The summed E-state index contributed by atoms with van der Waals surface area (Å²) in [7, 11) is 1.34. The zero-order chi connectivity index (χ0) is 18.5. The van der Waals surface area contributed by atoms with Crippen LogP contribution in [0.5, 0.6) is 0 Å². The monoisotopic (exact) mass is 350 g/mol. The van der Waals surface area contributed by atoms with Gasteiger partial charge in [-0.1, -0.05) is 48.5 Å². The van der Waals surface area contributed by atoms with Crippen molar-refractivity contribution in [1.82, 2.24) is 4.90 Å². The van der Waals surface area contributed by atoms with Gasteiger partial charge in [0.15, 0.2) is 0 Å². The Morgan fingerprint density at radius 3 is 2.31 bits per heavy atom. The first-order valence-electron chi connectivity index (χ1n) is 8.53. The van der Waals surface area contributed by atoms with E-state index in [1.807, 2.05) is 41.3 Å². The molecule has 0 aliphatic carbocycles. The third-order valence-electron chi connectivity index (χ3n) is 4.52. The van der Waals surface area contributed by atoms with Crippen LogP contribution in [-0.2, 0) is 33.8 Å². The average Bonchev–Trinajstić information content (AvgIpc) is 3.10. The lowest BCUT2D eigenvalue weighted by Crippen LogP contribution is -2.42. The predicted octanol–water partition coefficient (Wildman–Crippen LogP) is 2.29. The first-order chi connectivity index (χ1) is 12.6. The summed E-state index contributed by atoms with van der Waals surface area (Å²) >= 11 is 0. The van der Waals surface area contributed by atoms with Gasteiger partial charge in [-0.25, -0.2) is 4.79 Å². The first kappa shape index (κ1) is 17.9. The van der Waals surface area contributed by atoms with Crippen LogP contribution in [0.25, 0.3) is 6.08 Å². The highest BCUT2D eigenvalue weighted by Gasteiger charge is 2.26. The maximum absolute atomic E-state index is 12.6. The van der Waals surface area contributed by atoms with Crippen molar-refractivity contribution in [2.24, 2.45) is 5.73 Å². The van der Waals surface area contributed by atoms with E-state index in [1.54, 1.807) is 6.08 Å². The fraction of sp³-hybridized carbons (Fsp3) is 0.238. The molecular weight excluding hydrogens is 328 g/mol. The van der Waals surface area contributed by atoms with Crippen LogP contribution >= 0.6 is 0 Å². The van der Waals surface area contributed by atoms with Gasteiger partial charge in [0, 0.05) is 19.2 Å². The summed E-state index contributed by atoms with van der Waals surface area (Å²) in [4.78, 5) is 25.6. The van der Waals surface area contributed by atoms with Crippen molar-refractivity contribution in [2.45, 2.75) is 25.6 Å². The molecule has 3 rings (SSSR count). The lowest BCUT2D eigenvalue weighted by molar-refractivity contribution is -0.135. The van der Waals surface area contributed by atoms with Crippen molar-refractivity contribution in [2.75, 3.05) is 7.11 Å². The second-order valence-corrected chi connectivity index (χ2v) is 6.37. The summed E-state index contributed by atoms with van der Waals surface area (Å²) in [5.41, 5.74) is 10.4. The lowest BCUT2D eigenvalue weighted by atomic mass is 10.0. The minimum absolute atomic E-state index is 0.0316. The lowest BCUT2D eigenvalue weighted by Gasteiger charge is -2.20. The molecule has 0 radical (unpaired) electrons. The minimum Gasteiger partial charge on any atom is -0.466 e. The molecule has 5 nitrogen and oxygen atoms in total. The highest BCUT2D eigenvalue weighted by atomic mass is 16.5. The van der Waals surface area contributed by atoms with E-state index in [1.165, 1.54) is 24.3 Å². The molecule has 2 aromatic carbocycles. The third-order valence-corrected chi connectivity index (χ3v) is 4.52. The number of hydrogen-bond acceptors (Lipinski definition) is 4. The Morgan fingerprint density at radius 2 is 1.73 bits per heavy atom. The van der Waals surface area contributed by atoms with E-state index in [9.17, 15) is 9.59 Å². The average molecular weight is 350 g/mol. The molecule has 1 heterocycles. The van der Waals surface area contributed by atoms with Crippen LogP contribution in [-0.4, -0.2) is 29.9 Å². The molecule has 5 heteroatoms. The van der Waals surface area contributed by atoms with E-state index in [2.05, 4.69) is 16.9 Å². The van der Waals surface area contributed by atoms with Gasteiger partial charge in [0.2, 0.25) is 5.91 Å². The molecule has 26 heavy (non-hydrogen) atoms. The van der Waals surface area contributed by atoms with Crippen molar-refractivity contribution in [3.05, 3.63) is 76.9 Å². The molecule has 0 bridgehead atoms. The third kappa shape index (κ3) is 4.18. The van der Waals surface area contributed by atoms with E-state index in [0.717, 1.165) is 11.1 Å². The van der Waals surface area contributed by atoms with E-state index >= 15 is 0 Å². The molecule has 134 valence electrons. The van der Waals surface area contributed by atoms with Crippen molar-refractivity contribution in [3.63, 3.8) is 0 Å². The maximum atomic E-state index is 12.6. The van der Waals surface area contributed by atoms with Crippen LogP contribution in [0.2, 0.25) is 0 Å². The number of ether oxygens (including phenoxy) is 1. The van der Waals surface area contributed by atoms with Gasteiger partial charge in [0.1, 0.15) is 0 Å². The van der Waals surface area contributed by atoms with Gasteiger partial charge in [-0.15, -0.1) is 0 Å². The number of carbonyl (C=O) groups excluding carboxylic acids is 2. The number of rotatable bonds is 5. The number of carbonyl (C=O) groups is 2. The van der Waals surface area contributed by atoms with Crippen molar-refractivity contribution < 1.29 is 14.3 Å². The van der Waals surface area contributed by atoms with Crippen molar-refractivity contribution in [3.8, 4) is 0 Å². The normalized spacial score (nSPS) is 14.3. The number of nitrogens with zero attached hydrogens (tertiary/aromatic N) is 1. The zero-order valence-electron chi connectivity index (χ0n) is 14.7. The van der Waals surface area contributed by atoms with Gasteiger partial charge in [-0.2, -0.15) is 0 Å². The summed E-state index contributed by atoms with van der Waals surface area (Å²) in [5, 5.41) is 0. The molecule has 0 saturated heterocycles. The number of fused-ring (bicyclic) bond motifs is 1. The van der Waals surface area contributed by atoms with E-state index in [4.69, 9.17) is 5.73 Å². The molecule has 1 amide bonds. The Bertz CT molecular complexity index is 802. The molecular formula is C21H22N2O3. The molecule has 0 saturated carbocycles. The van der Waals surface area contributed by atoms with Crippen molar-refractivity contribution >= 4 is 18.0 Å². The number of hydrogen-bond donors (Lipinski definition) is 1. The second-order valence-electron chi connectivity index (χ2n) is 6.37. The SMILES string of the molecule is COC(=O)C=Cc1ccc(C[C@@H](N)C(=O)N2Cc3ccccc3C2)cc1. The van der Waals surface area contributed by atoms with E-state index < -0.39 is 12.0 Å². The number of benzene rings is 2. The highest BCUT2D eigenvalue weighted by Crippen LogP contribution is 2.23. The zero-order valence-corrected chi connectivity index (χ0v) is 14.7. The molecule has 1 aliphatic rings. The van der Waals surface area contributed by atoms with Crippen molar-refractivity contribution in [1.29, 1.82) is 0 Å². The molecule has 1 atom stereocenters. The van der Waals surface area contributed by atoms with E-state index in [-0.39, 0.29) is 5.91 Å². The van der Waals surface area contributed by atoms with Gasteiger partial charge in [0.25, 0.3) is 0 Å². The van der Waals surface area contributed by atoms with Crippen LogP contribution in [0, 0.1) is 0 Å². The highest BCUT2D eigenvalue weighted by molar-refractivity contribution is 5.87. The maximum Gasteiger partial charge on any atom is 0.330 e. The quantitative estimate of drug-likeness (QED) is 0.663. The smallest absolute Gasteiger partial charge is 0.330 e. The summed E-state index contributed by atoms with van der Waals surface area (Å²) in [6, 6.07) is 15.1. The van der Waals surface area contributed by atoms with Gasteiger partial charge < -0.3 is 15.4 Å². The molecule has 0 spiro atoms. The Kier molecular flexibility index (Phi) is 5.49. The van der Waals surface area contributed by atoms with Gasteiger partial charge in [-0.05, 0) is 34.8 Å². The van der Waals surface area contributed by atoms with Gasteiger partial charge >= 0.3 is 5.97 Å². The Labute approximate surface area is 153 Å². The minimum atomic E-state index is -0.569. The fourth-order valence-corrected chi connectivity index (χ4v) is 3.06. The molecule has 2 N–H and O–H groups in total. The number of nitrogens with two attached hydrogens (primary N) is 1. The Balaban J connectivity index is 1.58. The molecule has 0 unspecified atom stereocenters. The Hall–Kier alpha value is -2.92. The van der Waals surface area contributed by atoms with Crippen LogP contribution in [0.1, 0.15) is 22.3 Å². The molecule has 0 fully saturated rings. The predicted molar refractivity (Wildman–Crippen MR) is 99.9 cm³/mol. The number of methoxy groups -OCH3 is 1. The largest absolute Gasteiger partial charge is 0.466 e. The summed E-state index contributed by atoms with van der Waals surface area (Å²) in [5.74, 6) is -0.427. The molecule has 2 aromatic rings. The van der Waals surface area contributed by atoms with Crippen LogP contribution in [0.3, 0.4) is 0 Å². The number of amides is 1. The van der Waals surface area contributed by atoms with E-state index in [0.29, 0.717) is 19.5 Å². The van der Waals surface area contributed by atoms with Gasteiger partial charge in [0.05, 0.1) is 13.2 Å². The topological polar surface area (TPSA) is 72.6 Å². The van der Waals surface area contributed by atoms with Crippen LogP contribution in [0.15, 0.2) is 54.6 Å². The second kappa shape index (κ2) is 7.97. The molecule has 1 aliphatic heterocycles. The Morgan fingerprint density at radius 1 is 1.12 bits per heavy atom. The fourth-order valence-electron chi connectivity index (χ4n) is 3.06. The van der Waals surface area contributed by atoms with Crippen LogP contribution in [0.4, 0.5) is 0 Å². The standard InChI is InChI=1S/C21H22N2O3/c1-26-20(24)11-10-15-6-8-16(9-7-15)12-19(22)21(25)23-13-17-4-2-3-5-18(17)14-23/h2-11,19H,12-14,22H2,1H3/t19-/m1/s1. The summed E-state index contributed by atoms with van der Waals surface area (Å²) < 4.78 is 4.56. The number of esters is 1. The molecule has 0 aromatic heterocycles. The van der Waals surface area contributed by atoms with Crippen LogP contribution < -0.4 is 5.73 Å². The first-order valence-corrected chi connectivity index (χ1v) is 8.53.